The molecule has 2 atom stereocenters. The number of aromatic nitrogens is 1. The molecule has 1 amide bonds. The fraction of sp³-hybridized carbons (Fsp3) is 0.423. The van der Waals surface area contributed by atoms with Gasteiger partial charge in [-0.05, 0) is 80.4 Å². The first-order valence-electron chi connectivity index (χ1n) is 11.3. The van der Waals surface area contributed by atoms with Gasteiger partial charge in [-0.3, -0.25) is 4.79 Å². The van der Waals surface area contributed by atoms with Crippen LogP contribution in [0.1, 0.15) is 43.5 Å². The molecule has 4 nitrogen and oxygen atoms in total. The van der Waals surface area contributed by atoms with Crippen molar-refractivity contribution in [2.75, 3.05) is 18.4 Å². The SMILES string of the molecule is CCC(C)C(=O)Nc1ccc2[nH]c3c(c2c1)CC(CNCCc1ccccc1)CC3.Cl. The minimum Gasteiger partial charge on any atom is -0.358 e. The van der Waals surface area contributed by atoms with E-state index in [9.17, 15) is 4.79 Å². The van der Waals surface area contributed by atoms with Crippen LogP contribution >= 0.6 is 12.4 Å². The third-order valence-electron chi connectivity index (χ3n) is 6.48. The summed E-state index contributed by atoms with van der Waals surface area (Å²) in [5, 5.41) is 8.01. The summed E-state index contributed by atoms with van der Waals surface area (Å²) >= 11 is 0. The average Bonchev–Trinajstić information content (AvgIpc) is 3.14. The molecule has 0 radical (unpaired) electrons. The Labute approximate surface area is 191 Å². The smallest absolute Gasteiger partial charge is 0.227 e. The molecule has 0 spiro atoms. The number of carbonyl (C=O) groups is 1. The summed E-state index contributed by atoms with van der Waals surface area (Å²) in [5.74, 6) is 0.791. The Morgan fingerprint density at radius 3 is 2.77 bits per heavy atom. The molecule has 4 rings (SSSR count). The van der Waals surface area contributed by atoms with Crippen LogP contribution in [0.15, 0.2) is 48.5 Å². The molecule has 2 aromatic carbocycles. The number of benzene rings is 2. The largest absolute Gasteiger partial charge is 0.358 e. The van der Waals surface area contributed by atoms with E-state index in [0.29, 0.717) is 5.92 Å². The Hall–Kier alpha value is -2.30. The van der Waals surface area contributed by atoms with Crippen molar-refractivity contribution in [3.8, 4) is 0 Å². The quantitative estimate of drug-likeness (QED) is 0.405. The lowest BCUT2D eigenvalue weighted by Crippen LogP contribution is -2.28. The number of aromatic amines is 1. The number of carbonyl (C=O) groups excluding carboxylic acids is 1. The number of hydrogen-bond donors (Lipinski definition) is 3. The summed E-state index contributed by atoms with van der Waals surface area (Å²) in [7, 11) is 0. The van der Waals surface area contributed by atoms with Crippen molar-refractivity contribution in [1.82, 2.24) is 10.3 Å². The monoisotopic (exact) mass is 439 g/mol. The van der Waals surface area contributed by atoms with Gasteiger partial charge >= 0.3 is 0 Å². The number of amides is 1. The maximum Gasteiger partial charge on any atom is 0.227 e. The number of nitrogens with one attached hydrogen (secondary N) is 3. The second-order valence-corrected chi connectivity index (χ2v) is 8.69. The van der Waals surface area contributed by atoms with Gasteiger partial charge in [0.25, 0.3) is 0 Å². The molecule has 3 aromatic rings. The van der Waals surface area contributed by atoms with Crippen LogP contribution in [0.5, 0.6) is 0 Å². The van der Waals surface area contributed by atoms with Gasteiger partial charge in [-0.2, -0.15) is 0 Å². The average molecular weight is 440 g/mol. The summed E-state index contributed by atoms with van der Waals surface area (Å²) < 4.78 is 0. The van der Waals surface area contributed by atoms with Gasteiger partial charge in [0.1, 0.15) is 0 Å². The normalized spacial score (nSPS) is 16.4. The fourth-order valence-electron chi connectivity index (χ4n) is 4.38. The van der Waals surface area contributed by atoms with Gasteiger partial charge in [-0.1, -0.05) is 44.2 Å². The van der Waals surface area contributed by atoms with Crippen LogP contribution in [0, 0.1) is 11.8 Å². The van der Waals surface area contributed by atoms with E-state index in [0.717, 1.165) is 44.5 Å². The number of H-pyrrole nitrogens is 1. The standard InChI is InChI=1S/C26H33N3O.ClH/c1-3-18(2)26(30)28-21-10-12-25-23(16-21)22-15-20(9-11-24(22)29-25)17-27-14-13-19-7-5-4-6-8-19;/h4-8,10,12,16,18,20,27,29H,3,9,11,13-15,17H2,1-2H3,(H,28,30);1H. The highest BCUT2D eigenvalue weighted by molar-refractivity contribution is 5.96. The molecule has 166 valence electrons. The van der Waals surface area contributed by atoms with E-state index >= 15 is 0 Å². The predicted octanol–water partition coefficient (Wildman–Crippen LogP) is 5.51. The molecule has 0 fully saturated rings. The first-order chi connectivity index (χ1) is 14.6. The van der Waals surface area contributed by atoms with Crippen LogP contribution in [-0.4, -0.2) is 24.0 Å². The molecule has 1 heterocycles. The van der Waals surface area contributed by atoms with Crippen molar-refractivity contribution in [3.05, 3.63) is 65.4 Å². The maximum atomic E-state index is 12.3. The lowest BCUT2D eigenvalue weighted by Gasteiger charge is -2.23. The Bertz CT molecular complexity index is 999. The predicted molar refractivity (Wildman–Crippen MR) is 132 cm³/mol. The maximum absolute atomic E-state index is 12.3. The van der Waals surface area contributed by atoms with Crippen molar-refractivity contribution in [2.24, 2.45) is 11.8 Å². The molecular weight excluding hydrogens is 406 g/mol. The van der Waals surface area contributed by atoms with E-state index in [1.54, 1.807) is 0 Å². The molecule has 31 heavy (non-hydrogen) atoms. The summed E-state index contributed by atoms with van der Waals surface area (Å²) in [6, 6.07) is 16.9. The molecule has 0 aliphatic heterocycles. The molecule has 1 aromatic heterocycles. The third-order valence-corrected chi connectivity index (χ3v) is 6.48. The van der Waals surface area contributed by atoms with E-state index in [1.165, 1.54) is 34.1 Å². The van der Waals surface area contributed by atoms with Gasteiger partial charge in [0, 0.05) is 28.2 Å². The Morgan fingerprint density at radius 1 is 1.19 bits per heavy atom. The zero-order chi connectivity index (χ0) is 20.9. The number of halogens is 1. The molecule has 0 bridgehead atoms. The molecule has 1 aliphatic carbocycles. The molecule has 3 N–H and O–H groups in total. The van der Waals surface area contributed by atoms with Crippen LogP contribution in [0.3, 0.4) is 0 Å². The van der Waals surface area contributed by atoms with Crippen LogP contribution in [0.25, 0.3) is 10.9 Å². The van der Waals surface area contributed by atoms with Crippen molar-refractivity contribution in [2.45, 2.75) is 46.0 Å². The molecule has 0 saturated carbocycles. The van der Waals surface area contributed by atoms with E-state index in [-0.39, 0.29) is 24.2 Å². The minimum absolute atomic E-state index is 0. The molecule has 0 saturated heterocycles. The first kappa shape index (κ1) is 23.4. The van der Waals surface area contributed by atoms with Crippen molar-refractivity contribution in [3.63, 3.8) is 0 Å². The summed E-state index contributed by atoms with van der Waals surface area (Å²) in [5.41, 5.74) is 6.28. The van der Waals surface area contributed by atoms with E-state index in [1.807, 2.05) is 19.9 Å². The number of fused-ring (bicyclic) bond motifs is 3. The van der Waals surface area contributed by atoms with Gasteiger partial charge in [0.15, 0.2) is 0 Å². The highest BCUT2D eigenvalue weighted by Gasteiger charge is 2.22. The summed E-state index contributed by atoms with van der Waals surface area (Å²) in [6.07, 6.45) is 5.34. The van der Waals surface area contributed by atoms with Crippen LogP contribution in [0.2, 0.25) is 0 Å². The fourth-order valence-corrected chi connectivity index (χ4v) is 4.38. The number of rotatable bonds is 8. The molecular formula is C26H34ClN3O. The minimum atomic E-state index is 0. The molecule has 1 aliphatic rings. The van der Waals surface area contributed by atoms with Crippen molar-refractivity contribution < 1.29 is 4.79 Å². The van der Waals surface area contributed by atoms with E-state index in [2.05, 4.69) is 58.1 Å². The van der Waals surface area contributed by atoms with Crippen LogP contribution < -0.4 is 10.6 Å². The molecule has 2 unspecified atom stereocenters. The van der Waals surface area contributed by atoms with E-state index < -0.39 is 0 Å². The first-order valence-corrected chi connectivity index (χ1v) is 11.3. The Balaban J connectivity index is 0.00000272. The van der Waals surface area contributed by atoms with Crippen molar-refractivity contribution in [1.29, 1.82) is 0 Å². The Morgan fingerprint density at radius 2 is 2.00 bits per heavy atom. The van der Waals surface area contributed by atoms with Gasteiger partial charge in [-0.25, -0.2) is 0 Å². The summed E-state index contributed by atoms with van der Waals surface area (Å²) in [4.78, 5) is 15.9. The lowest BCUT2D eigenvalue weighted by molar-refractivity contribution is -0.119. The second-order valence-electron chi connectivity index (χ2n) is 8.69. The Kier molecular flexibility index (Phi) is 8.16. The number of hydrogen-bond acceptors (Lipinski definition) is 2. The lowest BCUT2D eigenvalue weighted by atomic mass is 9.86. The second kappa shape index (κ2) is 10.8. The zero-order valence-corrected chi connectivity index (χ0v) is 19.4. The van der Waals surface area contributed by atoms with Crippen LogP contribution in [0.4, 0.5) is 5.69 Å². The van der Waals surface area contributed by atoms with Gasteiger partial charge in [0.05, 0.1) is 0 Å². The van der Waals surface area contributed by atoms with Crippen molar-refractivity contribution >= 4 is 34.9 Å². The van der Waals surface area contributed by atoms with E-state index in [4.69, 9.17) is 0 Å². The molecule has 5 heteroatoms. The highest BCUT2D eigenvalue weighted by Crippen LogP contribution is 2.33. The third kappa shape index (κ3) is 5.69. The summed E-state index contributed by atoms with van der Waals surface area (Å²) in [6.45, 7) is 6.10. The van der Waals surface area contributed by atoms with Gasteiger partial charge < -0.3 is 15.6 Å². The van der Waals surface area contributed by atoms with Gasteiger partial charge in [0.2, 0.25) is 5.91 Å². The van der Waals surface area contributed by atoms with Gasteiger partial charge in [-0.15, -0.1) is 12.4 Å². The number of aryl methyl sites for hydroxylation is 1. The zero-order valence-electron chi connectivity index (χ0n) is 18.5. The highest BCUT2D eigenvalue weighted by atomic mass is 35.5. The number of anilines is 1. The topological polar surface area (TPSA) is 56.9 Å². The van der Waals surface area contributed by atoms with Crippen LogP contribution in [-0.2, 0) is 24.1 Å².